The van der Waals surface area contributed by atoms with Gasteiger partial charge in [0.05, 0.1) is 17.5 Å². The van der Waals surface area contributed by atoms with E-state index >= 15 is 0 Å². The molecule has 32 heavy (non-hydrogen) atoms. The van der Waals surface area contributed by atoms with Gasteiger partial charge < -0.3 is 20.8 Å². The number of aliphatic hydroxyl groups is 1. The summed E-state index contributed by atoms with van der Waals surface area (Å²) in [6.45, 7) is 0.654. The number of fused-ring (bicyclic) bond motifs is 1. The van der Waals surface area contributed by atoms with E-state index < -0.39 is 47.3 Å². The van der Waals surface area contributed by atoms with Crippen molar-refractivity contribution in [1.29, 1.82) is 0 Å². The molecule has 0 unspecified atom stereocenters. The molecule has 1 saturated heterocycles. The first-order chi connectivity index (χ1) is 14.4. The number of anilines is 2. The number of hydrogen-bond acceptors (Lipinski definition) is 5. The van der Waals surface area contributed by atoms with Crippen LogP contribution in [0.2, 0.25) is 0 Å². The summed E-state index contributed by atoms with van der Waals surface area (Å²) in [4.78, 5) is 17.2. The van der Waals surface area contributed by atoms with Crippen molar-refractivity contribution in [2.45, 2.75) is 43.1 Å². The van der Waals surface area contributed by atoms with Crippen molar-refractivity contribution in [3.63, 3.8) is 0 Å². The number of nitrogens with one attached hydrogen (secondary N) is 2. The molecule has 2 aliphatic heterocycles. The third-order valence-electron chi connectivity index (χ3n) is 5.65. The number of halogens is 6. The molecule has 8 nitrogen and oxygen atoms in total. The number of aromatic nitrogens is 3. The van der Waals surface area contributed by atoms with Crippen molar-refractivity contribution in [1.82, 2.24) is 15.2 Å². The van der Waals surface area contributed by atoms with Crippen LogP contribution in [0.25, 0.3) is 0 Å². The van der Waals surface area contributed by atoms with E-state index in [1.54, 1.807) is 4.90 Å². The molecule has 2 aliphatic rings. The Balaban J connectivity index is 0.00000289. The van der Waals surface area contributed by atoms with E-state index in [2.05, 4.69) is 20.5 Å². The summed E-state index contributed by atoms with van der Waals surface area (Å²) in [5.74, 6) is -1.44. The van der Waals surface area contributed by atoms with Crippen molar-refractivity contribution < 1.29 is 41.7 Å². The predicted octanol–water partition coefficient (Wildman–Crippen LogP) is 2.47. The topological polar surface area (TPSA) is 126 Å². The van der Waals surface area contributed by atoms with Gasteiger partial charge in [-0.15, -0.1) is 0 Å². The molecular weight excluding hydrogens is 448 g/mol. The number of piperidine rings is 1. The van der Waals surface area contributed by atoms with E-state index in [1.807, 2.05) is 0 Å². The van der Waals surface area contributed by atoms with Gasteiger partial charge in [-0.25, -0.2) is 4.98 Å². The minimum absolute atomic E-state index is 0. The summed E-state index contributed by atoms with van der Waals surface area (Å²) in [6, 6.07) is 2.17. The van der Waals surface area contributed by atoms with Crippen LogP contribution in [0.1, 0.15) is 42.0 Å². The third-order valence-corrected chi connectivity index (χ3v) is 5.65. The lowest BCUT2D eigenvalue weighted by Gasteiger charge is -2.37. The number of aromatic amines is 1. The SMILES string of the molecule is O.O=C1C[C@](O)(C(F)(F)F)c2c(n[nH]c2C2CCN(c3ccc(C(F)(F)F)cn3)CC2)N1. The van der Waals surface area contributed by atoms with Crippen LogP contribution in [0.4, 0.5) is 38.0 Å². The van der Waals surface area contributed by atoms with Crippen LogP contribution >= 0.6 is 0 Å². The van der Waals surface area contributed by atoms with Gasteiger partial charge in [0.25, 0.3) is 0 Å². The van der Waals surface area contributed by atoms with E-state index in [1.165, 1.54) is 6.07 Å². The van der Waals surface area contributed by atoms with E-state index in [0.717, 1.165) is 12.3 Å². The van der Waals surface area contributed by atoms with Crippen molar-refractivity contribution in [2.75, 3.05) is 23.3 Å². The van der Waals surface area contributed by atoms with Gasteiger partial charge in [-0.2, -0.15) is 31.4 Å². The van der Waals surface area contributed by atoms with Crippen molar-refractivity contribution in [3.8, 4) is 0 Å². The summed E-state index contributed by atoms with van der Waals surface area (Å²) in [7, 11) is 0. The van der Waals surface area contributed by atoms with Crippen LogP contribution < -0.4 is 10.2 Å². The molecule has 4 rings (SSSR count). The van der Waals surface area contributed by atoms with Crippen LogP contribution in [-0.2, 0) is 16.6 Å². The van der Waals surface area contributed by atoms with Crippen molar-refractivity contribution >= 4 is 17.5 Å². The Morgan fingerprint density at radius 1 is 1.12 bits per heavy atom. The molecule has 1 fully saturated rings. The maximum absolute atomic E-state index is 13.6. The standard InChI is InChI=1S/C18H17F6N5O2.H2O/c19-17(20,21)10-1-2-11(25-8-10)29-5-3-9(4-6-29)14-13-15(28-27-14)26-12(30)7-16(13,31)18(22,23)24;/h1-2,8-9,31H,3-7H2,(H2,26,27,28,30);1H2/t16-;/m1./s1. The third kappa shape index (κ3) is 3.99. The Hall–Kier alpha value is -2.87. The Labute approximate surface area is 176 Å². The van der Waals surface area contributed by atoms with Gasteiger partial charge in [-0.1, -0.05) is 0 Å². The molecule has 0 saturated carbocycles. The zero-order valence-corrected chi connectivity index (χ0v) is 16.3. The minimum atomic E-state index is -5.08. The lowest BCUT2D eigenvalue weighted by atomic mass is 9.81. The first-order valence-electron chi connectivity index (χ1n) is 9.36. The van der Waals surface area contributed by atoms with Crippen molar-refractivity contribution in [2.24, 2.45) is 0 Å². The molecule has 0 radical (unpaired) electrons. The van der Waals surface area contributed by atoms with Gasteiger partial charge in [-0.3, -0.25) is 9.89 Å². The summed E-state index contributed by atoms with van der Waals surface area (Å²) in [5.41, 5.74) is -4.61. The number of rotatable bonds is 2. The van der Waals surface area contributed by atoms with Gasteiger partial charge in [0, 0.05) is 30.9 Å². The number of alkyl halides is 6. The average Bonchev–Trinajstić information content (AvgIpc) is 3.11. The zero-order chi connectivity index (χ0) is 22.6. The van der Waals surface area contributed by atoms with Crippen molar-refractivity contribution in [3.05, 3.63) is 35.2 Å². The van der Waals surface area contributed by atoms with Crippen LogP contribution in [-0.4, -0.2) is 50.9 Å². The van der Waals surface area contributed by atoms with E-state index in [4.69, 9.17) is 0 Å². The van der Waals surface area contributed by atoms with E-state index in [0.29, 0.717) is 31.7 Å². The lowest BCUT2D eigenvalue weighted by molar-refractivity contribution is -0.267. The normalized spacial score (nSPS) is 22.2. The summed E-state index contributed by atoms with van der Waals surface area (Å²) in [5, 5.41) is 18.9. The van der Waals surface area contributed by atoms with Gasteiger partial charge >= 0.3 is 12.4 Å². The molecule has 176 valence electrons. The molecule has 14 heteroatoms. The molecule has 0 aromatic carbocycles. The van der Waals surface area contributed by atoms with E-state index in [-0.39, 0.29) is 17.0 Å². The number of carbonyl (C=O) groups is 1. The highest BCUT2D eigenvalue weighted by Crippen LogP contribution is 2.49. The molecule has 0 spiro atoms. The first-order valence-corrected chi connectivity index (χ1v) is 9.36. The maximum atomic E-state index is 13.6. The molecule has 2 aromatic rings. The molecule has 5 N–H and O–H groups in total. The number of H-pyrrole nitrogens is 1. The molecule has 4 heterocycles. The summed E-state index contributed by atoms with van der Waals surface area (Å²) < 4.78 is 79.0. The highest BCUT2D eigenvalue weighted by Gasteiger charge is 2.61. The fourth-order valence-corrected chi connectivity index (χ4v) is 4.04. The minimum Gasteiger partial charge on any atom is -0.412 e. The lowest BCUT2D eigenvalue weighted by Crippen LogP contribution is -2.48. The summed E-state index contributed by atoms with van der Waals surface area (Å²) in [6.07, 6.45) is -9.31. The average molecular weight is 467 g/mol. The van der Waals surface area contributed by atoms with Crippen LogP contribution in [0, 0.1) is 0 Å². The fraction of sp³-hybridized carbons (Fsp3) is 0.500. The van der Waals surface area contributed by atoms with Gasteiger partial charge in [0.15, 0.2) is 11.4 Å². The Kier molecular flexibility index (Phi) is 5.89. The highest BCUT2D eigenvalue weighted by atomic mass is 19.4. The molecular formula is C18H19F6N5O3. The second kappa shape index (κ2) is 7.92. The zero-order valence-electron chi connectivity index (χ0n) is 16.3. The summed E-state index contributed by atoms with van der Waals surface area (Å²) >= 11 is 0. The molecule has 0 aliphatic carbocycles. The van der Waals surface area contributed by atoms with Gasteiger partial charge in [0.2, 0.25) is 5.91 Å². The second-order valence-electron chi connectivity index (χ2n) is 7.61. The maximum Gasteiger partial charge on any atom is 0.422 e. The number of carbonyl (C=O) groups excluding carboxylic acids is 1. The molecule has 0 bridgehead atoms. The Morgan fingerprint density at radius 2 is 1.78 bits per heavy atom. The number of amides is 1. The molecule has 2 aromatic heterocycles. The van der Waals surface area contributed by atoms with Gasteiger partial charge in [0.1, 0.15) is 5.82 Å². The monoisotopic (exact) mass is 467 g/mol. The Bertz CT molecular complexity index is 982. The van der Waals surface area contributed by atoms with Gasteiger partial charge in [-0.05, 0) is 25.0 Å². The van der Waals surface area contributed by atoms with Crippen LogP contribution in [0.5, 0.6) is 0 Å². The number of nitrogens with zero attached hydrogens (tertiary/aromatic N) is 3. The first kappa shape index (κ1) is 23.8. The fourth-order valence-electron chi connectivity index (χ4n) is 4.04. The second-order valence-corrected chi connectivity index (χ2v) is 7.61. The number of hydrogen-bond donors (Lipinski definition) is 3. The van der Waals surface area contributed by atoms with Crippen LogP contribution in [0.3, 0.4) is 0 Å². The smallest absolute Gasteiger partial charge is 0.412 e. The predicted molar refractivity (Wildman–Crippen MR) is 98.8 cm³/mol. The van der Waals surface area contributed by atoms with E-state index in [9.17, 15) is 36.2 Å². The largest absolute Gasteiger partial charge is 0.422 e. The number of pyridine rings is 1. The molecule has 1 amide bonds. The molecule has 1 atom stereocenters. The highest BCUT2D eigenvalue weighted by molar-refractivity contribution is 5.94. The van der Waals surface area contributed by atoms with Crippen LogP contribution in [0.15, 0.2) is 18.3 Å². The quantitative estimate of drug-likeness (QED) is 0.585. The Morgan fingerprint density at radius 3 is 2.31 bits per heavy atom.